The average molecular weight is 1380 g/mol. The highest BCUT2D eigenvalue weighted by atomic mass is 16.6. The zero-order valence-electron chi connectivity index (χ0n) is 57.2. The van der Waals surface area contributed by atoms with Crippen LogP contribution in [0.5, 0.6) is 34.5 Å². The van der Waals surface area contributed by atoms with E-state index in [9.17, 15) is 28.8 Å². The number of aliphatic carboxylic acids is 2. The highest BCUT2D eigenvalue weighted by Gasteiger charge is 2.23. The van der Waals surface area contributed by atoms with Gasteiger partial charge in [-0.15, -0.1) is 0 Å². The molecule has 21 heteroatoms. The van der Waals surface area contributed by atoms with Crippen LogP contribution in [0, 0.1) is 0 Å². The molecule has 0 aromatic heterocycles. The zero-order valence-corrected chi connectivity index (χ0v) is 57.2. The molecular formula is C80H92N6O15. The van der Waals surface area contributed by atoms with E-state index in [4.69, 9.17) is 66.3 Å². The van der Waals surface area contributed by atoms with E-state index in [1.54, 1.807) is 39.0 Å². The summed E-state index contributed by atoms with van der Waals surface area (Å²) in [6.07, 6.45) is 3.74. The van der Waals surface area contributed by atoms with Crippen LogP contribution in [0.1, 0.15) is 101 Å². The van der Waals surface area contributed by atoms with Gasteiger partial charge in [0.2, 0.25) is 11.8 Å². The second kappa shape index (κ2) is 45.1. The summed E-state index contributed by atoms with van der Waals surface area (Å²) in [6.45, 7) is 7.53. The summed E-state index contributed by atoms with van der Waals surface area (Å²) in [5.74, 6) is 1.07. The number of ether oxygens (including phenoxy) is 7. The van der Waals surface area contributed by atoms with Gasteiger partial charge < -0.3 is 77.4 Å². The summed E-state index contributed by atoms with van der Waals surface area (Å²) in [6, 6.07) is 74.9. The monoisotopic (exact) mass is 1380 g/mol. The molecule has 0 heterocycles. The summed E-state index contributed by atoms with van der Waals surface area (Å²) in [5, 5.41) is 19.6. The zero-order chi connectivity index (χ0) is 73.0. The standard InChI is InChI=1S/C25H27NO4.C24H25NO3.C21H18O3.C8H16N2O4.C2H6N2O/c26-22(25(27)28)13-7-12-19-14-15-23(29-17-20-8-3-1-4-9-20)24(16-19)30-18-21-10-5-2-6-11-21;25-24(26)13-7-12-19-14-15-22(27-17-20-8-3-1-4-9-20)23(16-19)28-18-21-10-5-2-6-11-21;22-14-19-11-12-20(23-15-17-7-3-1-4-8-17)21(13-19)24-16-18-9-5-2-6-10-18;1-8(2,3)14-7(13)10-5(4-9)6(11)12;3-1-2(4)5/h1-6,8-11,14-16,22H,7,12-13,17-18,26H2,(H,27,28);1-6,8-11,14-16H,7,12-13,17-18H2,(H2,25,26);1-14H,15-16H2;5H,4,9H2,1-3H3,(H,10,13)(H,11,12);1,3H2,(H2,4,5)/t22-;;;5-;/m1..1./s1. The van der Waals surface area contributed by atoms with Crippen LogP contribution in [0.3, 0.4) is 0 Å². The van der Waals surface area contributed by atoms with Gasteiger partial charge in [-0.3, -0.25) is 19.2 Å². The second-order valence-electron chi connectivity index (χ2n) is 23.6. The number of benzene rings is 9. The number of amides is 3. The van der Waals surface area contributed by atoms with Gasteiger partial charge in [0.1, 0.15) is 63.6 Å². The van der Waals surface area contributed by atoms with Crippen LogP contribution in [0.15, 0.2) is 237 Å². The Hall–Kier alpha value is -11.5. The number of aldehydes is 1. The Kier molecular flexibility index (Phi) is 35.8. The fraction of sp³-hybridized carbons (Fsp3) is 0.250. The lowest BCUT2D eigenvalue weighted by Gasteiger charge is -2.21. The molecule has 0 saturated carbocycles. The van der Waals surface area contributed by atoms with Crippen molar-refractivity contribution in [3.63, 3.8) is 0 Å². The third-order valence-electron chi connectivity index (χ3n) is 14.2. The first-order valence-corrected chi connectivity index (χ1v) is 32.7. The van der Waals surface area contributed by atoms with Crippen molar-refractivity contribution in [2.45, 2.75) is 117 Å². The number of carboxylic acid groups (broad SMARTS) is 2. The number of hydrogen-bond acceptors (Lipinski definition) is 16. The van der Waals surface area contributed by atoms with Crippen LogP contribution in [0.2, 0.25) is 0 Å². The molecule has 0 unspecified atom stereocenters. The second-order valence-corrected chi connectivity index (χ2v) is 23.6. The van der Waals surface area contributed by atoms with Crippen LogP contribution in [-0.2, 0) is 76.4 Å². The molecule has 0 aliphatic rings. The lowest BCUT2D eigenvalue weighted by molar-refractivity contribution is -0.139. The summed E-state index contributed by atoms with van der Waals surface area (Å²) >= 11 is 0. The van der Waals surface area contributed by atoms with Gasteiger partial charge in [-0.25, -0.2) is 9.59 Å². The van der Waals surface area contributed by atoms with Crippen LogP contribution in [-0.4, -0.2) is 77.1 Å². The molecule has 0 bridgehead atoms. The van der Waals surface area contributed by atoms with Gasteiger partial charge in [0.15, 0.2) is 34.5 Å². The first-order valence-electron chi connectivity index (χ1n) is 32.7. The minimum Gasteiger partial charge on any atom is -0.485 e. The summed E-state index contributed by atoms with van der Waals surface area (Å²) in [5.41, 5.74) is 33.7. The molecule has 0 fully saturated rings. The molecule has 2 atom stereocenters. The Balaban J connectivity index is 0.000000243. The van der Waals surface area contributed by atoms with Crippen LogP contribution in [0.25, 0.3) is 0 Å². The molecule has 21 nitrogen and oxygen atoms in total. The van der Waals surface area contributed by atoms with Gasteiger partial charge in [-0.2, -0.15) is 0 Å². The highest BCUT2D eigenvalue weighted by Crippen LogP contribution is 2.33. The predicted molar refractivity (Wildman–Crippen MR) is 388 cm³/mol. The van der Waals surface area contributed by atoms with E-state index >= 15 is 0 Å². The number of nitrogens with one attached hydrogen (secondary N) is 1. The summed E-state index contributed by atoms with van der Waals surface area (Å²) < 4.78 is 40.8. The van der Waals surface area contributed by atoms with Crippen molar-refractivity contribution in [3.8, 4) is 34.5 Å². The fourth-order valence-corrected chi connectivity index (χ4v) is 8.91. The molecule has 0 aliphatic heterocycles. The Morgan fingerprint density at radius 1 is 0.426 bits per heavy atom. The van der Waals surface area contributed by atoms with Gasteiger partial charge in [0, 0.05) is 18.5 Å². The number of carbonyl (C=O) groups is 6. The van der Waals surface area contributed by atoms with Crippen molar-refractivity contribution in [1.82, 2.24) is 5.32 Å². The normalized spacial score (nSPS) is 11.0. The maximum Gasteiger partial charge on any atom is 0.408 e. The highest BCUT2D eigenvalue weighted by molar-refractivity contribution is 5.80. The Morgan fingerprint density at radius 3 is 1.03 bits per heavy atom. The lowest BCUT2D eigenvalue weighted by Crippen LogP contribution is -2.47. The molecule has 9 rings (SSSR count). The molecule has 9 aromatic carbocycles. The Bertz CT molecular complexity index is 3890. The molecule has 0 aliphatic carbocycles. The third-order valence-corrected chi connectivity index (χ3v) is 14.2. The molecule has 0 saturated heterocycles. The van der Waals surface area contributed by atoms with E-state index in [2.05, 4.69) is 11.1 Å². The van der Waals surface area contributed by atoms with Crippen molar-refractivity contribution in [2.75, 3.05) is 13.1 Å². The fourth-order valence-electron chi connectivity index (χ4n) is 8.91. The first kappa shape index (κ1) is 80.2. The number of rotatable bonds is 32. The molecule has 3 amide bonds. The number of carboxylic acids is 2. The maximum absolute atomic E-state index is 11.1. The lowest BCUT2D eigenvalue weighted by atomic mass is 10.0. The molecule has 101 heavy (non-hydrogen) atoms. The van der Waals surface area contributed by atoms with Crippen molar-refractivity contribution in [3.05, 3.63) is 287 Å². The van der Waals surface area contributed by atoms with Crippen LogP contribution in [0.4, 0.5) is 4.79 Å². The van der Waals surface area contributed by atoms with Gasteiger partial charge in [0.05, 0.1) is 6.54 Å². The number of carbonyl (C=O) groups excluding carboxylic acids is 4. The van der Waals surface area contributed by atoms with Gasteiger partial charge >= 0.3 is 18.0 Å². The minimum atomic E-state index is -1.18. The number of hydrogen-bond donors (Lipinski definition) is 8. The molecule has 0 spiro atoms. The van der Waals surface area contributed by atoms with Crippen LogP contribution >= 0.6 is 0 Å². The van der Waals surface area contributed by atoms with Crippen LogP contribution < -0.4 is 62.4 Å². The molecule has 13 N–H and O–H groups in total. The largest absolute Gasteiger partial charge is 0.485 e. The van der Waals surface area contributed by atoms with E-state index < -0.39 is 41.6 Å². The molecule has 0 radical (unpaired) electrons. The molecule has 532 valence electrons. The minimum absolute atomic E-state index is 0.0556. The SMILES string of the molecule is CC(C)(C)OC(=O)N[C@H](CN)C(=O)O.NC(=O)CCCc1ccc(OCc2ccccc2)c(OCc2ccccc2)c1.NCC(N)=O.N[C@H](CCCc1ccc(OCc2ccccc2)c(OCc2ccccc2)c1)C(=O)O.O=Cc1ccc(OCc2ccccc2)c(OCc2ccccc2)c1. The van der Waals surface area contributed by atoms with Crippen molar-refractivity contribution < 1.29 is 72.1 Å². The predicted octanol–water partition coefficient (Wildman–Crippen LogP) is 12.2. The smallest absolute Gasteiger partial charge is 0.408 e. The van der Waals surface area contributed by atoms with Gasteiger partial charge in [0.25, 0.3) is 0 Å². The molecule has 9 aromatic rings. The van der Waals surface area contributed by atoms with Gasteiger partial charge in [-0.05, 0) is 140 Å². The van der Waals surface area contributed by atoms with Crippen molar-refractivity contribution in [1.29, 1.82) is 0 Å². The van der Waals surface area contributed by atoms with E-state index in [0.29, 0.717) is 99.0 Å². The number of alkyl carbamates (subject to hydrolysis) is 1. The third kappa shape index (κ3) is 33.5. The topological polar surface area (TPSA) is 350 Å². The van der Waals surface area contributed by atoms with E-state index in [-0.39, 0.29) is 19.0 Å². The summed E-state index contributed by atoms with van der Waals surface area (Å²) in [4.78, 5) is 63.9. The van der Waals surface area contributed by atoms with E-state index in [0.717, 1.165) is 70.1 Å². The quantitative estimate of drug-likeness (QED) is 0.0182. The maximum atomic E-state index is 11.1. The Morgan fingerprint density at radius 2 is 0.743 bits per heavy atom. The summed E-state index contributed by atoms with van der Waals surface area (Å²) in [7, 11) is 0. The van der Waals surface area contributed by atoms with Gasteiger partial charge in [-0.1, -0.05) is 194 Å². The average Bonchev–Trinajstić information content (AvgIpc) is 0.868. The number of aryl methyl sites for hydroxylation is 2. The Labute approximate surface area is 590 Å². The van der Waals surface area contributed by atoms with E-state index in [1.165, 1.54) is 0 Å². The number of nitrogens with two attached hydrogens (primary N) is 5. The van der Waals surface area contributed by atoms with Crippen molar-refractivity contribution in [2.24, 2.45) is 28.7 Å². The number of primary amides is 2. The van der Waals surface area contributed by atoms with E-state index in [1.807, 2.05) is 218 Å². The first-order chi connectivity index (χ1) is 48.7. The van der Waals surface area contributed by atoms with Crippen molar-refractivity contribution >= 4 is 36.1 Å². The molecular weight excluding hydrogens is 1280 g/mol.